The third-order valence-corrected chi connectivity index (χ3v) is 4.86. The molecule has 2 aromatic carbocycles. The van der Waals surface area contributed by atoms with E-state index < -0.39 is 28.7 Å². The minimum atomic E-state index is -0.464. The molecule has 3 amide bonds. The predicted octanol–water partition coefficient (Wildman–Crippen LogP) is 3.83. The molecule has 0 atom stereocenters. The van der Waals surface area contributed by atoms with E-state index in [1.165, 1.54) is 60.7 Å². The highest BCUT2D eigenvalue weighted by Crippen LogP contribution is 2.31. The zero-order valence-electron chi connectivity index (χ0n) is 15.1. The fourth-order valence-electron chi connectivity index (χ4n) is 2.54. The summed E-state index contributed by atoms with van der Waals surface area (Å²) in [6.45, 7) is 0.0964. The Kier molecular flexibility index (Phi) is 6.56. The third kappa shape index (κ3) is 5.61. The molecule has 0 aromatic heterocycles. The summed E-state index contributed by atoms with van der Waals surface area (Å²) in [4.78, 5) is 37.6. The van der Waals surface area contributed by atoms with Crippen molar-refractivity contribution in [1.29, 1.82) is 0 Å². The fraction of sp³-hybridized carbons (Fsp3) is 0.0952. The van der Waals surface area contributed by atoms with Gasteiger partial charge < -0.3 is 5.32 Å². The quantitative estimate of drug-likeness (QED) is 0.730. The van der Waals surface area contributed by atoms with E-state index in [0.29, 0.717) is 11.1 Å². The molecule has 148 valence electrons. The maximum Gasteiger partial charge on any atom is 0.293 e. The molecule has 1 aliphatic rings. The molecule has 1 N–H and O–H groups in total. The van der Waals surface area contributed by atoms with Crippen LogP contribution in [0, 0.1) is 11.6 Å². The smallest absolute Gasteiger partial charge is 0.293 e. The number of nitrogens with zero attached hydrogens (tertiary/aromatic N) is 1. The van der Waals surface area contributed by atoms with E-state index in [2.05, 4.69) is 5.32 Å². The van der Waals surface area contributed by atoms with Crippen molar-refractivity contribution < 1.29 is 23.2 Å². The highest BCUT2D eigenvalue weighted by molar-refractivity contribution is 8.18. The zero-order chi connectivity index (χ0) is 20.8. The van der Waals surface area contributed by atoms with Gasteiger partial charge in [-0.1, -0.05) is 24.3 Å². The predicted molar refractivity (Wildman–Crippen MR) is 108 cm³/mol. The number of hydrogen-bond acceptors (Lipinski definition) is 4. The molecule has 0 aliphatic carbocycles. The Morgan fingerprint density at radius 1 is 1.03 bits per heavy atom. The molecule has 2 aromatic rings. The Hall–Kier alpha value is -3.26. The molecule has 5 nitrogen and oxygen atoms in total. The number of carbonyl (C=O) groups is 3. The van der Waals surface area contributed by atoms with Crippen LogP contribution in [-0.2, 0) is 9.59 Å². The maximum atomic E-state index is 13.1. The minimum Gasteiger partial charge on any atom is -0.351 e. The zero-order valence-corrected chi connectivity index (χ0v) is 15.9. The number of nitrogens with one attached hydrogen (secondary N) is 1. The molecular formula is C21H16F2N2O3S. The lowest BCUT2D eigenvalue weighted by Gasteiger charge is -2.12. The van der Waals surface area contributed by atoms with Gasteiger partial charge in [0.15, 0.2) is 0 Å². The van der Waals surface area contributed by atoms with Crippen molar-refractivity contribution in [3.05, 3.63) is 82.3 Å². The summed E-state index contributed by atoms with van der Waals surface area (Å²) in [5.74, 6) is -1.69. The second kappa shape index (κ2) is 9.29. The summed E-state index contributed by atoms with van der Waals surface area (Å²) in [5, 5.41) is 2.13. The van der Waals surface area contributed by atoms with Crippen LogP contribution in [-0.4, -0.2) is 35.0 Å². The highest BCUT2D eigenvalue weighted by atomic mass is 32.2. The molecule has 1 fully saturated rings. The van der Waals surface area contributed by atoms with Crippen LogP contribution in [0.5, 0.6) is 0 Å². The van der Waals surface area contributed by atoms with E-state index in [9.17, 15) is 23.2 Å². The number of imide groups is 1. The molecule has 1 saturated heterocycles. The molecule has 1 heterocycles. The van der Waals surface area contributed by atoms with Crippen LogP contribution in [0.2, 0.25) is 0 Å². The first-order chi connectivity index (χ1) is 13.9. The van der Waals surface area contributed by atoms with Crippen molar-refractivity contribution in [2.45, 2.75) is 0 Å². The van der Waals surface area contributed by atoms with Gasteiger partial charge in [0, 0.05) is 19.2 Å². The number of thioether (sulfide) groups is 1. The van der Waals surface area contributed by atoms with E-state index in [4.69, 9.17) is 0 Å². The van der Waals surface area contributed by atoms with Crippen molar-refractivity contribution in [2.24, 2.45) is 0 Å². The van der Waals surface area contributed by atoms with Crippen molar-refractivity contribution in [3.8, 4) is 0 Å². The third-order valence-electron chi connectivity index (χ3n) is 3.95. The number of hydrogen-bond donors (Lipinski definition) is 1. The topological polar surface area (TPSA) is 66.5 Å². The average molecular weight is 414 g/mol. The van der Waals surface area contributed by atoms with Gasteiger partial charge in [-0.25, -0.2) is 8.78 Å². The standard InChI is InChI=1S/C21H16F2N2O3S/c22-16-7-4-15(5-8-16)13-18-20(27)25(21(28)29-18)11-10-24-19(26)9-6-14-2-1-3-17(23)12-14/h1-9,12-13H,10-11H2,(H,24,26)/b9-6+,18-13-. The van der Waals surface area contributed by atoms with E-state index in [1.54, 1.807) is 6.07 Å². The van der Waals surface area contributed by atoms with Crippen molar-refractivity contribution >= 4 is 41.0 Å². The van der Waals surface area contributed by atoms with Crippen LogP contribution in [0.4, 0.5) is 13.6 Å². The lowest BCUT2D eigenvalue weighted by Crippen LogP contribution is -2.36. The summed E-state index contributed by atoms with van der Waals surface area (Å²) in [6, 6.07) is 11.3. The highest BCUT2D eigenvalue weighted by Gasteiger charge is 2.34. The van der Waals surface area contributed by atoms with E-state index in [0.717, 1.165) is 16.7 Å². The molecule has 3 rings (SSSR count). The summed E-state index contributed by atoms with van der Waals surface area (Å²) in [7, 11) is 0. The Balaban J connectivity index is 1.52. The maximum absolute atomic E-state index is 13.1. The first-order valence-electron chi connectivity index (χ1n) is 8.65. The lowest BCUT2D eigenvalue weighted by atomic mass is 10.2. The molecule has 0 bridgehead atoms. The SMILES string of the molecule is O=C(/C=C/c1cccc(F)c1)NCCN1C(=O)S/C(=C\c2ccc(F)cc2)C1=O. The van der Waals surface area contributed by atoms with Gasteiger partial charge in [-0.3, -0.25) is 19.3 Å². The van der Waals surface area contributed by atoms with Crippen LogP contribution in [0.15, 0.2) is 59.5 Å². The van der Waals surface area contributed by atoms with E-state index >= 15 is 0 Å². The Morgan fingerprint density at radius 2 is 1.79 bits per heavy atom. The summed E-state index contributed by atoms with van der Waals surface area (Å²) >= 11 is 0.791. The number of amides is 3. The summed E-state index contributed by atoms with van der Waals surface area (Å²) in [5.41, 5.74) is 1.14. The van der Waals surface area contributed by atoms with Gasteiger partial charge in [0.2, 0.25) is 5.91 Å². The first kappa shape index (κ1) is 20.5. The van der Waals surface area contributed by atoms with Crippen molar-refractivity contribution in [2.75, 3.05) is 13.1 Å². The molecular weight excluding hydrogens is 398 g/mol. The molecule has 8 heteroatoms. The van der Waals surface area contributed by atoms with E-state index in [-0.39, 0.29) is 18.0 Å². The second-order valence-electron chi connectivity index (χ2n) is 6.06. The van der Waals surface area contributed by atoms with Gasteiger partial charge in [0.25, 0.3) is 11.1 Å². The number of benzene rings is 2. The molecule has 0 spiro atoms. The van der Waals surface area contributed by atoms with Gasteiger partial charge in [0.05, 0.1) is 4.91 Å². The Bertz CT molecular complexity index is 1000. The normalized spacial score (nSPS) is 15.5. The second-order valence-corrected chi connectivity index (χ2v) is 7.06. The fourth-order valence-corrected chi connectivity index (χ4v) is 3.40. The largest absolute Gasteiger partial charge is 0.351 e. The van der Waals surface area contributed by atoms with Crippen LogP contribution in [0.3, 0.4) is 0 Å². The van der Waals surface area contributed by atoms with Gasteiger partial charge in [-0.05, 0) is 59.3 Å². The van der Waals surface area contributed by atoms with Crippen molar-refractivity contribution in [3.63, 3.8) is 0 Å². The first-order valence-corrected chi connectivity index (χ1v) is 9.46. The molecule has 0 saturated carbocycles. The van der Waals surface area contributed by atoms with Crippen LogP contribution < -0.4 is 5.32 Å². The summed E-state index contributed by atoms with van der Waals surface area (Å²) < 4.78 is 26.1. The van der Waals surface area contributed by atoms with Gasteiger partial charge in [0.1, 0.15) is 11.6 Å². The minimum absolute atomic E-state index is 0.0188. The lowest BCUT2D eigenvalue weighted by molar-refractivity contribution is -0.123. The van der Waals surface area contributed by atoms with Gasteiger partial charge in [-0.15, -0.1) is 0 Å². The summed E-state index contributed by atoms with van der Waals surface area (Å²) in [6.07, 6.45) is 4.23. The number of halogens is 2. The van der Waals surface area contributed by atoms with Gasteiger partial charge in [-0.2, -0.15) is 0 Å². The molecule has 29 heavy (non-hydrogen) atoms. The number of carbonyl (C=O) groups excluding carboxylic acids is 3. The van der Waals surface area contributed by atoms with Crippen LogP contribution in [0.1, 0.15) is 11.1 Å². The van der Waals surface area contributed by atoms with Crippen molar-refractivity contribution in [1.82, 2.24) is 10.2 Å². The molecule has 1 aliphatic heterocycles. The van der Waals surface area contributed by atoms with Crippen LogP contribution >= 0.6 is 11.8 Å². The number of rotatable bonds is 6. The van der Waals surface area contributed by atoms with Crippen LogP contribution in [0.25, 0.3) is 12.2 Å². The Labute approximate surface area is 170 Å². The van der Waals surface area contributed by atoms with E-state index in [1.807, 2.05) is 0 Å². The Morgan fingerprint density at radius 3 is 2.52 bits per heavy atom. The molecule has 0 radical (unpaired) electrons. The monoisotopic (exact) mass is 414 g/mol. The molecule has 0 unspecified atom stereocenters. The average Bonchev–Trinajstić information content (AvgIpc) is 2.95. The van der Waals surface area contributed by atoms with Gasteiger partial charge >= 0.3 is 0 Å².